The van der Waals surface area contributed by atoms with Crippen LogP contribution in [0.3, 0.4) is 0 Å². The molecule has 4 unspecified atom stereocenters. The minimum atomic E-state index is -1.95. The maximum Gasteiger partial charge on any atom is 0.335 e. The minimum Gasteiger partial charge on any atom is -0.479 e. The van der Waals surface area contributed by atoms with Gasteiger partial charge in [0.2, 0.25) is 5.91 Å². The molecule has 0 spiro atoms. The predicted molar refractivity (Wildman–Crippen MR) is 80.8 cm³/mol. The van der Waals surface area contributed by atoms with Crippen LogP contribution >= 0.6 is 0 Å². The molecule has 0 aromatic rings. The Morgan fingerprint density at radius 2 is 1.63 bits per heavy atom. The molecular formula is C14H23NO12. The summed E-state index contributed by atoms with van der Waals surface area (Å²) in [5.41, 5.74) is 0. The van der Waals surface area contributed by atoms with Gasteiger partial charge in [-0.1, -0.05) is 0 Å². The molecule has 27 heavy (non-hydrogen) atoms. The molecule has 0 aliphatic carbocycles. The van der Waals surface area contributed by atoms with Gasteiger partial charge in [0.05, 0.1) is 6.61 Å². The first-order valence-corrected chi connectivity index (χ1v) is 8.06. The smallest absolute Gasteiger partial charge is 0.335 e. The summed E-state index contributed by atoms with van der Waals surface area (Å²) in [5.74, 6) is -2.27. The van der Waals surface area contributed by atoms with E-state index in [9.17, 15) is 40.2 Å². The number of carbonyl (C=O) groups is 2. The largest absolute Gasteiger partial charge is 0.479 e. The van der Waals surface area contributed by atoms with Crippen LogP contribution in [0.2, 0.25) is 0 Å². The van der Waals surface area contributed by atoms with Crippen LogP contribution in [0.5, 0.6) is 0 Å². The zero-order valence-electron chi connectivity index (χ0n) is 14.2. The normalized spacial score (nSPS) is 45.3. The van der Waals surface area contributed by atoms with Gasteiger partial charge in [0.1, 0.15) is 42.7 Å². The molecule has 2 fully saturated rings. The van der Waals surface area contributed by atoms with Gasteiger partial charge in [0.25, 0.3) is 0 Å². The summed E-state index contributed by atoms with van der Waals surface area (Å²) in [4.78, 5) is 22.5. The standard InChI is InChI=1S/C14H23NO12/c1-3(17)15-5-10(6(18)4(2-16)25-13(5)24)26-14-9(21)7(19)8(20)11(27-14)12(22)23/h4-11,13-14,16,18-21,24H,2H2,1H3,(H,15,17)(H,22,23)/t4?,5?,6-,7-,8+,9?,10+,11?,13-,14-/m1/s1. The van der Waals surface area contributed by atoms with E-state index in [4.69, 9.17) is 19.3 Å². The maximum atomic E-state index is 11.4. The fourth-order valence-electron chi connectivity index (χ4n) is 2.95. The van der Waals surface area contributed by atoms with Crippen molar-refractivity contribution < 1.29 is 59.5 Å². The lowest BCUT2D eigenvalue weighted by Gasteiger charge is -2.46. The first-order valence-electron chi connectivity index (χ1n) is 8.06. The van der Waals surface area contributed by atoms with Gasteiger partial charge in [-0.2, -0.15) is 0 Å². The van der Waals surface area contributed by atoms with Crippen LogP contribution in [0, 0.1) is 0 Å². The number of ether oxygens (including phenoxy) is 3. The monoisotopic (exact) mass is 397 g/mol. The average molecular weight is 397 g/mol. The van der Waals surface area contributed by atoms with Crippen LogP contribution in [0.4, 0.5) is 0 Å². The third-order valence-corrected chi connectivity index (χ3v) is 4.35. The van der Waals surface area contributed by atoms with Crippen molar-refractivity contribution in [2.45, 2.75) is 68.3 Å². The summed E-state index contributed by atoms with van der Waals surface area (Å²) in [7, 11) is 0. The lowest BCUT2D eigenvalue weighted by Crippen LogP contribution is -2.67. The Bertz CT molecular complexity index is 546. The summed E-state index contributed by atoms with van der Waals surface area (Å²) in [6.07, 6.45) is -15.8. The molecule has 0 aromatic carbocycles. The van der Waals surface area contributed by atoms with Gasteiger partial charge in [-0.15, -0.1) is 0 Å². The molecular weight excluding hydrogens is 374 g/mol. The van der Waals surface area contributed by atoms with E-state index in [0.29, 0.717) is 0 Å². The van der Waals surface area contributed by atoms with E-state index in [0.717, 1.165) is 6.92 Å². The van der Waals surface area contributed by atoms with Crippen molar-refractivity contribution in [3.63, 3.8) is 0 Å². The second-order valence-electron chi connectivity index (χ2n) is 6.30. The van der Waals surface area contributed by atoms with Crippen LogP contribution in [0.15, 0.2) is 0 Å². The van der Waals surface area contributed by atoms with Crippen LogP contribution in [0.1, 0.15) is 6.92 Å². The van der Waals surface area contributed by atoms with Gasteiger partial charge in [-0.25, -0.2) is 4.79 Å². The summed E-state index contributed by atoms with van der Waals surface area (Å²) in [6.45, 7) is 0.388. The lowest BCUT2D eigenvalue weighted by atomic mass is 9.95. The molecule has 0 aromatic heterocycles. The quantitative estimate of drug-likeness (QED) is 0.218. The fourth-order valence-corrected chi connectivity index (χ4v) is 2.95. The molecule has 156 valence electrons. The number of carboxylic acids is 1. The van der Waals surface area contributed by atoms with Crippen molar-refractivity contribution in [1.82, 2.24) is 5.32 Å². The summed E-state index contributed by atoms with van der Waals surface area (Å²) < 4.78 is 15.3. The van der Waals surface area contributed by atoms with Gasteiger partial charge >= 0.3 is 5.97 Å². The zero-order chi connectivity index (χ0) is 20.5. The number of aliphatic hydroxyl groups is 6. The van der Waals surface area contributed by atoms with E-state index in [1.807, 2.05) is 0 Å². The van der Waals surface area contributed by atoms with Gasteiger partial charge in [0.15, 0.2) is 18.7 Å². The zero-order valence-corrected chi connectivity index (χ0v) is 14.2. The van der Waals surface area contributed by atoms with Crippen molar-refractivity contribution in [3.8, 4) is 0 Å². The van der Waals surface area contributed by atoms with Crippen molar-refractivity contribution in [3.05, 3.63) is 0 Å². The summed E-state index contributed by atoms with van der Waals surface area (Å²) in [6, 6.07) is -1.37. The number of aliphatic hydroxyl groups excluding tert-OH is 6. The van der Waals surface area contributed by atoms with E-state index in [1.54, 1.807) is 0 Å². The van der Waals surface area contributed by atoms with E-state index in [-0.39, 0.29) is 0 Å². The number of amides is 1. The molecule has 0 saturated carbocycles. The Kier molecular flexibility index (Phi) is 7.07. The highest BCUT2D eigenvalue weighted by molar-refractivity contribution is 5.73. The number of nitrogens with one attached hydrogen (secondary N) is 1. The molecule has 13 heteroatoms. The SMILES string of the molecule is CC(=O)NC1[C@H](O)OC(CO)[C@@H](O)[C@H]1O[C@@H]1OC(C(=O)O)[C@@H](O)[C@@H](O)C1O. The molecule has 0 radical (unpaired) electrons. The number of hydrogen-bond donors (Lipinski definition) is 8. The second kappa shape index (κ2) is 8.72. The molecule has 10 atom stereocenters. The molecule has 2 saturated heterocycles. The van der Waals surface area contributed by atoms with Crippen LogP contribution < -0.4 is 5.32 Å². The molecule has 2 aliphatic heterocycles. The fraction of sp³-hybridized carbons (Fsp3) is 0.857. The number of aliphatic carboxylic acids is 1. The number of carbonyl (C=O) groups excluding carboxylic acids is 1. The Morgan fingerprint density at radius 1 is 1.00 bits per heavy atom. The summed E-state index contributed by atoms with van der Waals surface area (Å²) >= 11 is 0. The van der Waals surface area contributed by atoms with E-state index >= 15 is 0 Å². The first-order chi connectivity index (χ1) is 12.6. The third kappa shape index (κ3) is 4.53. The van der Waals surface area contributed by atoms with Crippen molar-refractivity contribution in [2.75, 3.05) is 6.61 Å². The first kappa shape index (κ1) is 21.9. The highest BCUT2D eigenvalue weighted by atomic mass is 16.7. The minimum absolute atomic E-state index is 0.630. The average Bonchev–Trinajstić information content (AvgIpc) is 2.60. The molecule has 2 aliphatic rings. The molecule has 1 amide bonds. The van der Waals surface area contributed by atoms with Crippen molar-refractivity contribution >= 4 is 11.9 Å². The third-order valence-electron chi connectivity index (χ3n) is 4.35. The summed E-state index contributed by atoms with van der Waals surface area (Å²) in [5, 5.41) is 70.4. The van der Waals surface area contributed by atoms with Crippen molar-refractivity contribution in [1.29, 1.82) is 0 Å². The predicted octanol–water partition coefficient (Wildman–Crippen LogP) is -5.16. The van der Waals surface area contributed by atoms with E-state index < -0.39 is 79.8 Å². The number of rotatable bonds is 5. The van der Waals surface area contributed by atoms with E-state index in [2.05, 4.69) is 5.32 Å². The Balaban J connectivity index is 2.25. The van der Waals surface area contributed by atoms with Gasteiger partial charge in [-0.3, -0.25) is 4.79 Å². The second-order valence-corrected chi connectivity index (χ2v) is 6.30. The van der Waals surface area contributed by atoms with Crippen molar-refractivity contribution in [2.24, 2.45) is 0 Å². The van der Waals surface area contributed by atoms with Gasteiger partial charge < -0.3 is 55.3 Å². The highest BCUT2D eigenvalue weighted by Crippen LogP contribution is 2.28. The van der Waals surface area contributed by atoms with Crippen LogP contribution in [-0.4, -0.2) is 116 Å². The Labute approximate surface area is 152 Å². The topological polar surface area (TPSA) is 215 Å². The molecule has 2 rings (SSSR count). The lowest BCUT2D eigenvalue weighted by molar-refractivity contribution is -0.336. The van der Waals surface area contributed by atoms with Crippen LogP contribution in [-0.2, 0) is 23.8 Å². The van der Waals surface area contributed by atoms with Gasteiger partial charge in [0, 0.05) is 6.92 Å². The Hall–Kier alpha value is -1.42. The van der Waals surface area contributed by atoms with E-state index in [1.165, 1.54) is 0 Å². The molecule has 8 N–H and O–H groups in total. The molecule has 2 heterocycles. The maximum absolute atomic E-state index is 11.4. The molecule has 13 nitrogen and oxygen atoms in total. The van der Waals surface area contributed by atoms with Crippen LogP contribution in [0.25, 0.3) is 0 Å². The number of carboxylic acid groups (broad SMARTS) is 1. The number of hydrogen-bond acceptors (Lipinski definition) is 11. The highest BCUT2D eigenvalue weighted by Gasteiger charge is 2.52. The van der Waals surface area contributed by atoms with Gasteiger partial charge in [-0.05, 0) is 0 Å². The molecule has 0 bridgehead atoms. The Morgan fingerprint density at radius 3 is 2.15 bits per heavy atom.